The first kappa shape index (κ1) is 16.7. The van der Waals surface area contributed by atoms with E-state index in [0.29, 0.717) is 32.6 Å². The molecule has 4 nitrogen and oxygen atoms in total. The minimum Gasteiger partial charge on any atom is -0.465 e. The van der Waals surface area contributed by atoms with Crippen LogP contribution in [0.15, 0.2) is 47.5 Å². The Labute approximate surface area is 149 Å². The van der Waals surface area contributed by atoms with E-state index in [4.69, 9.17) is 27.9 Å². The van der Waals surface area contributed by atoms with Gasteiger partial charge in [-0.15, -0.1) is 0 Å². The molecule has 1 unspecified atom stereocenters. The number of hydrogen-bond donors (Lipinski definition) is 0. The zero-order valence-corrected chi connectivity index (χ0v) is 14.3. The van der Waals surface area contributed by atoms with Gasteiger partial charge >= 0.3 is 5.97 Å². The number of ether oxygens (including phenoxy) is 1. The first-order chi connectivity index (χ1) is 11.5. The van der Waals surface area contributed by atoms with Crippen LogP contribution >= 0.6 is 23.2 Å². The van der Waals surface area contributed by atoms with Crippen molar-refractivity contribution in [2.24, 2.45) is 10.9 Å². The Hall–Kier alpha value is -2.17. The number of carbonyl (C=O) groups excluding carboxylic acids is 2. The molecule has 24 heavy (non-hydrogen) atoms. The fourth-order valence-electron chi connectivity index (χ4n) is 2.61. The topological polar surface area (TPSA) is 55.7 Å². The third kappa shape index (κ3) is 2.95. The molecule has 0 saturated heterocycles. The van der Waals surface area contributed by atoms with Crippen LogP contribution in [0.5, 0.6) is 0 Å². The molecular formula is C18H13Cl2NO3. The lowest BCUT2D eigenvalue weighted by molar-refractivity contribution is -0.144. The average molecular weight is 362 g/mol. The second-order valence-electron chi connectivity index (χ2n) is 5.19. The summed E-state index contributed by atoms with van der Waals surface area (Å²) in [7, 11) is 0. The van der Waals surface area contributed by atoms with Crippen LogP contribution < -0.4 is 0 Å². The van der Waals surface area contributed by atoms with Crippen molar-refractivity contribution in [1.29, 1.82) is 0 Å². The first-order valence-corrected chi connectivity index (χ1v) is 8.12. The van der Waals surface area contributed by atoms with Gasteiger partial charge in [-0.1, -0.05) is 41.4 Å². The third-order valence-electron chi connectivity index (χ3n) is 3.67. The van der Waals surface area contributed by atoms with E-state index in [2.05, 4.69) is 4.99 Å². The van der Waals surface area contributed by atoms with E-state index < -0.39 is 17.7 Å². The summed E-state index contributed by atoms with van der Waals surface area (Å²) in [5.74, 6) is -2.20. The highest BCUT2D eigenvalue weighted by molar-refractivity contribution is 6.39. The molecule has 0 spiro atoms. The van der Waals surface area contributed by atoms with Crippen molar-refractivity contribution in [3.8, 4) is 0 Å². The second-order valence-corrected chi connectivity index (χ2v) is 6.03. The Balaban J connectivity index is 2.21. The molecule has 1 aliphatic rings. The van der Waals surface area contributed by atoms with Crippen LogP contribution in [0.1, 0.15) is 22.8 Å². The third-order valence-corrected chi connectivity index (χ3v) is 4.24. The predicted molar refractivity (Wildman–Crippen MR) is 93.6 cm³/mol. The maximum Gasteiger partial charge on any atom is 0.323 e. The van der Waals surface area contributed by atoms with Crippen LogP contribution in [0.4, 0.5) is 5.69 Å². The molecule has 0 bridgehead atoms. The number of hydrogen-bond acceptors (Lipinski definition) is 4. The summed E-state index contributed by atoms with van der Waals surface area (Å²) in [6.45, 7) is 1.85. The van der Waals surface area contributed by atoms with Gasteiger partial charge in [0, 0.05) is 21.2 Å². The van der Waals surface area contributed by atoms with Gasteiger partial charge in [-0.3, -0.25) is 14.6 Å². The molecule has 1 atom stereocenters. The second kappa shape index (κ2) is 6.75. The number of benzene rings is 2. The first-order valence-electron chi connectivity index (χ1n) is 7.36. The van der Waals surface area contributed by atoms with E-state index in [1.165, 1.54) is 6.07 Å². The zero-order chi connectivity index (χ0) is 17.3. The van der Waals surface area contributed by atoms with Crippen molar-refractivity contribution in [2.45, 2.75) is 6.92 Å². The summed E-state index contributed by atoms with van der Waals surface area (Å²) < 4.78 is 5.07. The fraction of sp³-hybridized carbons (Fsp3) is 0.167. The van der Waals surface area contributed by atoms with Gasteiger partial charge in [0.05, 0.1) is 18.0 Å². The van der Waals surface area contributed by atoms with Gasteiger partial charge in [0.25, 0.3) is 0 Å². The fourth-order valence-corrected chi connectivity index (χ4v) is 3.01. The van der Waals surface area contributed by atoms with Gasteiger partial charge in [0.15, 0.2) is 11.7 Å². The molecule has 0 amide bonds. The highest BCUT2D eigenvalue weighted by Gasteiger charge is 2.39. The van der Waals surface area contributed by atoms with Crippen molar-refractivity contribution in [2.75, 3.05) is 6.61 Å². The van der Waals surface area contributed by atoms with Gasteiger partial charge in [-0.2, -0.15) is 0 Å². The molecule has 6 heteroatoms. The van der Waals surface area contributed by atoms with E-state index in [1.54, 1.807) is 43.3 Å². The van der Waals surface area contributed by atoms with Crippen LogP contribution in [0.25, 0.3) is 0 Å². The summed E-state index contributed by atoms with van der Waals surface area (Å²) in [5.41, 5.74) is 1.58. The molecule has 2 aromatic carbocycles. The molecule has 0 aromatic heterocycles. The predicted octanol–water partition coefficient (Wildman–Crippen LogP) is 4.49. The highest BCUT2D eigenvalue weighted by Crippen LogP contribution is 2.34. The number of nitrogens with zero attached hydrogens (tertiary/aromatic N) is 1. The number of rotatable bonds is 3. The Kier molecular flexibility index (Phi) is 4.69. The number of carbonyl (C=O) groups is 2. The minimum atomic E-state index is -1.16. The van der Waals surface area contributed by atoms with Crippen LogP contribution in [-0.4, -0.2) is 24.1 Å². The van der Waals surface area contributed by atoms with Gasteiger partial charge in [-0.25, -0.2) is 0 Å². The summed E-state index contributed by atoms with van der Waals surface area (Å²) in [6.07, 6.45) is 0. The Morgan fingerprint density at radius 2 is 1.92 bits per heavy atom. The van der Waals surface area contributed by atoms with Crippen LogP contribution in [0.2, 0.25) is 10.0 Å². The van der Waals surface area contributed by atoms with Crippen molar-refractivity contribution in [1.82, 2.24) is 0 Å². The smallest absolute Gasteiger partial charge is 0.323 e. The molecule has 0 saturated carbocycles. The SMILES string of the molecule is CCOC(=O)C1C(=O)c2cc(Cl)ccc2N=C1c1ccccc1Cl. The lowest BCUT2D eigenvalue weighted by atomic mass is 9.86. The van der Waals surface area contributed by atoms with Gasteiger partial charge in [-0.05, 0) is 31.2 Å². The van der Waals surface area contributed by atoms with Crippen molar-refractivity contribution < 1.29 is 14.3 Å². The number of fused-ring (bicyclic) bond motifs is 1. The standard InChI is InChI=1S/C18H13Cl2NO3/c1-2-24-18(23)15-16(11-5-3-4-6-13(11)20)21-14-8-7-10(19)9-12(14)17(15)22/h3-9,15H,2H2,1H3. The largest absolute Gasteiger partial charge is 0.465 e. The van der Waals surface area contributed by atoms with E-state index in [9.17, 15) is 9.59 Å². The summed E-state index contributed by atoms with van der Waals surface area (Å²) in [4.78, 5) is 29.8. The van der Waals surface area contributed by atoms with E-state index >= 15 is 0 Å². The summed E-state index contributed by atoms with van der Waals surface area (Å²) in [6, 6.07) is 11.8. The van der Waals surface area contributed by atoms with Gasteiger partial charge in [0.2, 0.25) is 0 Å². The summed E-state index contributed by atoms with van der Waals surface area (Å²) >= 11 is 12.2. The molecule has 122 valence electrons. The van der Waals surface area contributed by atoms with Gasteiger partial charge < -0.3 is 4.74 Å². The van der Waals surface area contributed by atoms with Crippen molar-refractivity contribution in [3.05, 3.63) is 63.6 Å². The van der Waals surface area contributed by atoms with E-state index in [1.807, 2.05) is 0 Å². The molecule has 0 fully saturated rings. The number of ketones is 1. The van der Waals surface area contributed by atoms with Crippen molar-refractivity contribution in [3.63, 3.8) is 0 Å². The van der Waals surface area contributed by atoms with Crippen LogP contribution in [0, 0.1) is 5.92 Å². The average Bonchev–Trinajstić information content (AvgIpc) is 2.56. The molecule has 0 aliphatic carbocycles. The maximum atomic E-state index is 12.9. The number of esters is 1. The quantitative estimate of drug-likeness (QED) is 0.597. The lowest BCUT2D eigenvalue weighted by Gasteiger charge is -2.23. The molecule has 0 radical (unpaired) electrons. The van der Waals surface area contributed by atoms with Gasteiger partial charge in [0.1, 0.15) is 0 Å². The monoisotopic (exact) mass is 361 g/mol. The Morgan fingerprint density at radius 3 is 2.62 bits per heavy atom. The van der Waals surface area contributed by atoms with Crippen LogP contribution in [0.3, 0.4) is 0 Å². The molecule has 2 aromatic rings. The van der Waals surface area contributed by atoms with Crippen molar-refractivity contribution >= 4 is 46.4 Å². The lowest BCUT2D eigenvalue weighted by Crippen LogP contribution is -2.36. The molecule has 1 heterocycles. The summed E-state index contributed by atoms with van der Waals surface area (Å²) in [5, 5.41) is 0.817. The molecular weight excluding hydrogens is 349 g/mol. The zero-order valence-electron chi connectivity index (χ0n) is 12.8. The van der Waals surface area contributed by atoms with E-state index in [0.717, 1.165) is 0 Å². The normalized spacial score (nSPS) is 16.4. The molecule has 1 aliphatic heterocycles. The highest BCUT2D eigenvalue weighted by atomic mass is 35.5. The van der Waals surface area contributed by atoms with E-state index in [-0.39, 0.29) is 6.61 Å². The number of aliphatic imine (C=N–C) groups is 1. The Morgan fingerprint density at radius 1 is 1.17 bits per heavy atom. The molecule has 3 rings (SSSR count). The minimum absolute atomic E-state index is 0.167. The maximum absolute atomic E-state index is 12.9. The number of halogens is 2. The van der Waals surface area contributed by atoms with Crippen LogP contribution in [-0.2, 0) is 9.53 Å². The number of Topliss-reactive ketones (excluding diaryl/α,β-unsaturated/α-hetero) is 1. The Bertz CT molecular complexity index is 861. The molecule has 0 N–H and O–H groups in total.